The number of rotatable bonds is 3. The largest absolute Gasteiger partial charge is 0.372 e. The van der Waals surface area contributed by atoms with Crippen molar-refractivity contribution in [2.45, 2.75) is 31.6 Å². The van der Waals surface area contributed by atoms with E-state index in [1.54, 1.807) is 0 Å². The molecule has 0 spiro atoms. The first-order valence-corrected chi connectivity index (χ1v) is 7.76. The Balaban J connectivity index is 1.68. The van der Waals surface area contributed by atoms with Crippen molar-refractivity contribution in [3.63, 3.8) is 0 Å². The molecule has 1 aromatic carbocycles. The maximum atomic E-state index is 5.38. The lowest BCUT2D eigenvalue weighted by Crippen LogP contribution is -2.17. The van der Waals surface area contributed by atoms with Crippen molar-refractivity contribution in [2.75, 3.05) is 18.0 Å². The third-order valence-corrected chi connectivity index (χ3v) is 4.49. The van der Waals surface area contributed by atoms with Crippen LogP contribution in [0.1, 0.15) is 37.4 Å². The molecule has 2 aliphatic rings. The number of anilines is 1. The lowest BCUT2D eigenvalue weighted by molar-refractivity contribution is 0.868. The maximum absolute atomic E-state index is 5.38. The molecule has 2 heterocycles. The van der Waals surface area contributed by atoms with Crippen molar-refractivity contribution < 1.29 is 0 Å². The number of aromatic nitrogens is 3. The van der Waals surface area contributed by atoms with E-state index in [9.17, 15) is 0 Å². The predicted molar refractivity (Wildman–Crippen MR) is 82.2 cm³/mol. The summed E-state index contributed by atoms with van der Waals surface area (Å²) in [5.41, 5.74) is 2.43. The van der Waals surface area contributed by atoms with Crippen molar-refractivity contribution in [3.8, 4) is 5.69 Å². The lowest BCUT2D eigenvalue weighted by Gasteiger charge is -2.18. The summed E-state index contributed by atoms with van der Waals surface area (Å²) < 4.78 is 2.78. The van der Waals surface area contributed by atoms with Gasteiger partial charge in [-0.15, -0.1) is 0 Å². The lowest BCUT2D eigenvalue weighted by atomic mass is 10.2. The van der Waals surface area contributed by atoms with Gasteiger partial charge in [0.25, 0.3) is 0 Å². The van der Waals surface area contributed by atoms with Crippen molar-refractivity contribution in [3.05, 3.63) is 34.9 Å². The normalized spacial score (nSPS) is 18.7. The summed E-state index contributed by atoms with van der Waals surface area (Å²) in [7, 11) is 0. The Morgan fingerprint density at radius 3 is 2.35 bits per heavy atom. The predicted octanol–water partition coefficient (Wildman–Crippen LogP) is 3.41. The molecule has 1 aromatic heterocycles. The SMILES string of the molecule is S=c1[nH]nc(C2CC2)n1-c1ccc(N2CCCC2)cc1. The van der Waals surface area contributed by atoms with Crippen LogP contribution in [0.3, 0.4) is 0 Å². The second-order valence-corrected chi connectivity index (χ2v) is 6.09. The molecule has 0 amide bonds. The molecule has 1 aliphatic heterocycles. The highest BCUT2D eigenvalue weighted by molar-refractivity contribution is 7.71. The molecular formula is C15H18N4S. The van der Waals surface area contributed by atoms with Gasteiger partial charge in [-0.05, 0) is 62.2 Å². The van der Waals surface area contributed by atoms with Crippen LogP contribution in [0.4, 0.5) is 5.69 Å². The van der Waals surface area contributed by atoms with Crippen LogP contribution in [0.2, 0.25) is 0 Å². The van der Waals surface area contributed by atoms with Crippen LogP contribution in [0.15, 0.2) is 24.3 Å². The first kappa shape index (κ1) is 12.1. The molecule has 4 rings (SSSR count). The first-order chi connectivity index (χ1) is 9.83. The molecule has 0 unspecified atom stereocenters. The summed E-state index contributed by atoms with van der Waals surface area (Å²) in [6, 6.07) is 8.72. The van der Waals surface area contributed by atoms with Crippen LogP contribution in [-0.4, -0.2) is 27.9 Å². The quantitative estimate of drug-likeness (QED) is 0.879. The molecule has 0 radical (unpaired) electrons. The van der Waals surface area contributed by atoms with E-state index < -0.39 is 0 Å². The first-order valence-electron chi connectivity index (χ1n) is 7.35. The molecular weight excluding hydrogens is 268 g/mol. The molecule has 5 heteroatoms. The second kappa shape index (κ2) is 4.74. The van der Waals surface area contributed by atoms with Crippen molar-refractivity contribution >= 4 is 17.9 Å². The van der Waals surface area contributed by atoms with Crippen LogP contribution in [0, 0.1) is 4.77 Å². The Labute approximate surface area is 123 Å². The number of nitrogens with one attached hydrogen (secondary N) is 1. The van der Waals surface area contributed by atoms with E-state index in [1.165, 1.54) is 44.5 Å². The van der Waals surface area contributed by atoms with Crippen molar-refractivity contribution in [1.29, 1.82) is 0 Å². The summed E-state index contributed by atoms with van der Waals surface area (Å²) in [6.07, 6.45) is 5.07. The minimum Gasteiger partial charge on any atom is -0.372 e. The van der Waals surface area contributed by atoms with Gasteiger partial charge in [0.2, 0.25) is 0 Å². The Hall–Kier alpha value is -1.62. The van der Waals surface area contributed by atoms with Gasteiger partial charge in [-0.3, -0.25) is 9.67 Å². The van der Waals surface area contributed by atoms with E-state index in [0.29, 0.717) is 10.7 Å². The number of benzene rings is 1. The van der Waals surface area contributed by atoms with Gasteiger partial charge in [0.1, 0.15) is 5.82 Å². The fourth-order valence-corrected chi connectivity index (χ4v) is 3.21. The zero-order valence-corrected chi connectivity index (χ0v) is 12.2. The van der Waals surface area contributed by atoms with Gasteiger partial charge < -0.3 is 4.90 Å². The van der Waals surface area contributed by atoms with Crippen LogP contribution < -0.4 is 4.90 Å². The molecule has 4 nitrogen and oxygen atoms in total. The molecule has 1 saturated heterocycles. The molecule has 104 valence electrons. The van der Waals surface area contributed by atoms with Gasteiger partial charge in [0.15, 0.2) is 4.77 Å². The number of hydrogen-bond donors (Lipinski definition) is 1. The zero-order chi connectivity index (χ0) is 13.5. The minimum absolute atomic E-state index is 0.584. The standard InChI is InChI=1S/C15H18N4S/c20-15-17-16-14(11-3-4-11)19(15)13-7-5-12(6-8-13)18-9-1-2-10-18/h5-8,11H,1-4,9-10H2,(H,17,20). The van der Waals surface area contributed by atoms with Gasteiger partial charge >= 0.3 is 0 Å². The van der Waals surface area contributed by atoms with E-state index in [2.05, 4.69) is 43.9 Å². The van der Waals surface area contributed by atoms with E-state index in [4.69, 9.17) is 12.2 Å². The molecule has 0 bridgehead atoms. The van der Waals surface area contributed by atoms with Gasteiger partial charge in [-0.2, -0.15) is 5.10 Å². The Morgan fingerprint density at radius 2 is 1.70 bits per heavy atom. The topological polar surface area (TPSA) is 36.9 Å². The fourth-order valence-electron chi connectivity index (χ4n) is 2.96. The number of hydrogen-bond acceptors (Lipinski definition) is 3. The van der Waals surface area contributed by atoms with Gasteiger partial charge in [0.05, 0.1) is 0 Å². The minimum atomic E-state index is 0.584. The maximum Gasteiger partial charge on any atom is 0.199 e. The van der Waals surface area contributed by atoms with Crippen LogP contribution in [0.5, 0.6) is 0 Å². The molecule has 2 fully saturated rings. The average Bonchev–Trinajstić information content (AvgIpc) is 3.02. The van der Waals surface area contributed by atoms with Crippen molar-refractivity contribution in [1.82, 2.24) is 14.8 Å². The van der Waals surface area contributed by atoms with Crippen molar-refractivity contribution in [2.24, 2.45) is 0 Å². The highest BCUT2D eigenvalue weighted by atomic mass is 32.1. The molecule has 1 aliphatic carbocycles. The number of H-pyrrole nitrogens is 1. The molecule has 0 atom stereocenters. The third-order valence-electron chi connectivity index (χ3n) is 4.22. The van der Waals surface area contributed by atoms with E-state index in [1.807, 2.05) is 0 Å². The van der Waals surface area contributed by atoms with Crippen LogP contribution in [0.25, 0.3) is 5.69 Å². The number of aromatic amines is 1. The Morgan fingerprint density at radius 1 is 1.05 bits per heavy atom. The summed E-state index contributed by atoms with van der Waals surface area (Å²) in [6.45, 7) is 2.36. The molecule has 1 N–H and O–H groups in total. The highest BCUT2D eigenvalue weighted by Gasteiger charge is 2.29. The van der Waals surface area contributed by atoms with E-state index in [0.717, 1.165) is 11.5 Å². The fraction of sp³-hybridized carbons (Fsp3) is 0.467. The monoisotopic (exact) mass is 286 g/mol. The summed E-state index contributed by atoms with van der Waals surface area (Å²) in [4.78, 5) is 2.44. The van der Waals surface area contributed by atoms with Gasteiger partial charge in [-0.25, -0.2) is 0 Å². The van der Waals surface area contributed by atoms with E-state index >= 15 is 0 Å². The summed E-state index contributed by atoms with van der Waals surface area (Å²) in [5.74, 6) is 1.67. The highest BCUT2D eigenvalue weighted by Crippen LogP contribution is 2.39. The average molecular weight is 286 g/mol. The van der Waals surface area contributed by atoms with Crippen LogP contribution in [-0.2, 0) is 0 Å². The molecule has 2 aromatic rings. The Kier molecular flexibility index (Phi) is 2.88. The third kappa shape index (κ3) is 2.06. The summed E-state index contributed by atoms with van der Waals surface area (Å²) in [5, 5.41) is 7.32. The number of nitrogens with zero attached hydrogens (tertiary/aromatic N) is 3. The second-order valence-electron chi connectivity index (χ2n) is 5.71. The van der Waals surface area contributed by atoms with Gasteiger partial charge in [-0.1, -0.05) is 0 Å². The zero-order valence-electron chi connectivity index (χ0n) is 11.4. The Bertz CT molecular complexity index is 660. The molecule has 1 saturated carbocycles. The van der Waals surface area contributed by atoms with Crippen LogP contribution >= 0.6 is 12.2 Å². The van der Waals surface area contributed by atoms with Gasteiger partial charge in [0, 0.05) is 30.4 Å². The van der Waals surface area contributed by atoms with E-state index in [-0.39, 0.29) is 0 Å². The smallest absolute Gasteiger partial charge is 0.199 e. The molecule has 20 heavy (non-hydrogen) atoms. The summed E-state index contributed by atoms with van der Waals surface area (Å²) >= 11 is 5.38.